The SMILES string of the molecule is COc1cc(/C=C/C(=O)Nc2cc(C(=O)NCC(F)(F)F)ccc2C)cc(Cl)c1OC(C)C. The lowest BCUT2D eigenvalue weighted by Gasteiger charge is -2.15. The molecule has 2 N–H and O–H groups in total. The Morgan fingerprint density at radius 1 is 1.18 bits per heavy atom. The number of halogens is 4. The predicted octanol–water partition coefficient (Wildman–Crippen LogP) is 5.39. The highest BCUT2D eigenvalue weighted by atomic mass is 35.5. The van der Waals surface area contributed by atoms with E-state index in [1.165, 1.54) is 37.5 Å². The topological polar surface area (TPSA) is 76.7 Å². The van der Waals surface area contributed by atoms with Crippen molar-refractivity contribution in [2.24, 2.45) is 0 Å². The molecule has 0 aromatic heterocycles. The van der Waals surface area contributed by atoms with Gasteiger partial charge in [-0.1, -0.05) is 17.7 Å². The van der Waals surface area contributed by atoms with Crippen LogP contribution < -0.4 is 20.1 Å². The van der Waals surface area contributed by atoms with Crippen LogP contribution in [0.5, 0.6) is 11.5 Å². The van der Waals surface area contributed by atoms with Gasteiger partial charge in [-0.25, -0.2) is 0 Å². The Kier molecular flexibility index (Phi) is 8.76. The molecule has 2 aromatic rings. The summed E-state index contributed by atoms with van der Waals surface area (Å²) in [5, 5.41) is 4.72. The van der Waals surface area contributed by atoms with E-state index in [2.05, 4.69) is 5.32 Å². The maximum absolute atomic E-state index is 12.4. The molecule has 0 unspecified atom stereocenters. The summed E-state index contributed by atoms with van der Waals surface area (Å²) < 4.78 is 47.9. The van der Waals surface area contributed by atoms with E-state index in [1.807, 2.05) is 13.8 Å². The highest BCUT2D eigenvalue weighted by Gasteiger charge is 2.28. The number of methoxy groups -OCH3 is 1. The van der Waals surface area contributed by atoms with Crippen LogP contribution in [0.4, 0.5) is 18.9 Å². The van der Waals surface area contributed by atoms with E-state index in [4.69, 9.17) is 21.1 Å². The fourth-order valence-electron chi connectivity index (χ4n) is 2.71. The minimum atomic E-state index is -4.52. The van der Waals surface area contributed by atoms with Crippen molar-refractivity contribution in [1.29, 1.82) is 0 Å². The van der Waals surface area contributed by atoms with Gasteiger partial charge in [0.2, 0.25) is 5.91 Å². The van der Waals surface area contributed by atoms with E-state index >= 15 is 0 Å². The van der Waals surface area contributed by atoms with Gasteiger partial charge in [0.15, 0.2) is 11.5 Å². The Hall–Kier alpha value is -3.20. The van der Waals surface area contributed by atoms with Crippen molar-refractivity contribution in [2.45, 2.75) is 33.1 Å². The van der Waals surface area contributed by atoms with Crippen LogP contribution in [-0.4, -0.2) is 37.7 Å². The van der Waals surface area contributed by atoms with E-state index in [-0.39, 0.29) is 11.7 Å². The summed E-state index contributed by atoms with van der Waals surface area (Å²) in [7, 11) is 1.47. The number of alkyl halides is 3. The first-order chi connectivity index (χ1) is 15.4. The molecule has 0 saturated heterocycles. The third-order valence-electron chi connectivity index (χ3n) is 4.24. The highest BCUT2D eigenvalue weighted by molar-refractivity contribution is 6.32. The van der Waals surface area contributed by atoms with Gasteiger partial charge >= 0.3 is 6.18 Å². The second-order valence-corrected chi connectivity index (χ2v) is 7.76. The van der Waals surface area contributed by atoms with E-state index in [9.17, 15) is 22.8 Å². The average molecular weight is 485 g/mol. The molecule has 0 atom stereocenters. The first-order valence-corrected chi connectivity index (χ1v) is 10.3. The number of ether oxygens (including phenoxy) is 2. The molecule has 10 heteroatoms. The summed E-state index contributed by atoms with van der Waals surface area (Å²) in [4.78, 5) is 24.4. The second-order valence-electron chi connectivity index (χ2n) is 7.35. The Bertz CT molecular complexity index is 1050. The Labute approximate surface area is 194 Å². The molecule has 6 nitrogen and oxygen atoms in total. The Morgan fingerprint density at radius 2 is 1.88 bits per heavy atom. The number of aryl methyl sites for hydroxylation is 1. The van der Waals surface area contributed by atoms with Gasteiger partial charge in [0, 0.05) is 17.3 Å². The number of nitrogens with one attached hydrogen (secondary N) is 2. The van der Waals surface area contributed by atoms with Crippen molar-refractivity contribution in [2.75, 3.05) is 19.0 Å². The van der Waals surface area contributed by atoms with Gasteiger partial charge in [-0.15, -0.1) is 0 Å². The quantitative estimate of drug-likeness (QED) is 0.493. The molecular weight excluding hydrogens is 461 g/mol. The van der Waals surface area contributed by atoms with E-state index in [0.29, 0.717) is 33.3 Å². The second kappa shape index (κ2) is 11.1. The molecule has 0 aliphatic carbocycles. The summed E-state index contributed by atoms with van der Waals surface area (Å²) in [5.74, 6) is -0.607. The van der Waals surface area contributed by atoms with Crippen LogP contribution in [0.25, 0.3) is 6.08 Å². The lowest BCUT2D eigenvalue weighted by Crippen LogP contribution is -2.33. The third kappa shape index (κ3) is 8.02. The van der Waals surface area contributed by atoms with Crippen molar-refractivity contribution in [3.05, 3.63) is 58.1 Å². The number of hydrogen-bond donors (Lipinski definition) is 2. The summed E-state index contributed by atoms with van der Waals surface area (Å²) in [5.41, 5.74) is 1.49. The van der Waals surface area contributed by atoms with Crippen LogP contribution in [0.1, 0.15) is 35.3 Å². The molecule has 0 radical (unpaired) electrons. The van der Waals surface area contributed by atoms with Gasteiger partial charge in [-0.2, -0.15) is 13.2 Å². The standard InChI is InChI=1S/C23H24ClF3N2O4/c1-13(2)33-21-17(24)9-15(10-19(21)32-4)6-8-20(30)29-18-11-16(7-5-14(18)3)22(31)28-12-23(25,26)27/h5-11,13H,12H2,1-4H3,(H,28,31)(H,29,30)/b8-6+. The number of benzene rings is 2. The average Bonchev–Trinajstić information content (AvgIpc) is 2.72. The molecule has 0 bridgehead atoms. The molecule has 0 aliphatic heterocycles. The van der Waals surface area contributed by atoms with Crippen molar-refractivity contribution < 1.29 is 32.2 Å². The first-order valence-electron chi connectivity index (χ1n) is 9.88. The van der Waals surface area contributed by atoms with E-state index < -0.39 is 24.5 Å². The molecule has 2 rings (SSSR count). The number of carbonyl (C=O) groups is 2. The van der Waals surface area contributed by atoms with Crippen LogP contribution in [0.3, 0.4) is 0 Å². The molecule has 178 valence electrons. The number of rotatable bonds is 8. The van der Waals surface area contributed by atoms with E-state index in [1.54, 1.807) is 24.4 Å². The normalized spacial score (nSPS) is 11.5. The van der Waals surface area contributed by atoms with Gasteiger partial charge in [0.05, 0.1) is 18.2 Å². The van der Waals surface area contributed by atoms with Crippen LogP contribution in [0.2, 0.25) is 5.02 Å². The molecule has 2 aromatic carbocycles. The molecule has 0 saturated carbocycles. The molecule has 0 spiro atoms. The zero-order chi connectivity index (χ0) is 24.8. The van der Waals surface area contributed by atoms with Gasteiger partial charge in [-0.3, -0.25) is 9.59 Å². The molecule has 0 aliphatic rings. The summed E-state index contributed by atoms with van der Waals surface area (Å²) in [6.07, 6.45) is -1.87. The van der Waals surface area contributed by atoms with Crippen LogP contribution in [0, 0.1) is 6.92 Å². The fourth-order valence-corrected chi connectivity index (χ4v) is 2.98. The minimum Gasteiger partial charge on any atom is -0.493 e. The van der Waals surface area contributed by atoms with E-state index in [0.717, 1.165) is 0 Å². The smallest absolute Gasteiger partial charge is 0.405 e. The van der Waals surface area contributed by atoms with Crippen molar-refractivity contribution in [3.8, 4) is 11.5 Å². The third-order valence-corrected chi connectivity index (χ3v) is 4.52. The monoisotopic (exact) mass is 484 g/mol. The first kappa shape index (κ1) is 26.1. The lowest BCUT2D eigenvalue weighted by molar-refractivity contribution is -0.123. The number of hydrogen-bond acceptors (Lipinski definition) is 4. The highest BCUT2D eigenvalue weighted by Crippen LogP contribution is 2.37. The van der Waals surface area contributed by atoms with Gasteiger partial charge < -0.3 is 20.1 Å². The molecule has 0 heterocycles. The van der Waals surface area contributed by atoms with Crippen LogP contribution in [0.15, 0.2) is 36.4 Å². The van der Waals surface area contributed by atoms with Crippen molar-refractivity contribution in [3.63, 3.8) is 0 Å². The summed E-state index contributed by atoms with van der Waals surface area (Å²) in [6, 6.07) is 7.49. The largest absolute Gasteiger partial charge is 0.493 e. The summed E-state index contributed by atoms with van der Waals surface area (Å²) in [6.45, 7) is 3.95. The van der Waals surface area contributed by atoms with Gasteiger partial charge in [0.1, 0.15) is 6.54 Å². The lowest BCUT2D eigenvalue weighted by atomic mass is 10.1. The zero-order valence-corrected chi connectivity index (χ0v) is 19.2. The predicted molar refractivity (Wildman–Crippen MR) is 121 cm³/mol. The van der Waals surface area contributed by atoms with Crippen molar-refractivity contribution in [1.82, 2.24) is 5.32 Å². The number of anilines is 1. The summed E-state index contributed by atoms with van der Waals surface area (Å²) >= 11 is 6.28. The molecule has 0 fully saturated rings. The Morgan fingerprint density at radius 3 is 2.48 bits per heavy atom. The minimum absolute atomic E-state index is 0.0126. The van der Waals surface area contributed by atoms with Crippen molar-refractivity contribution >= 4 is 35.2 Å². The van der Waals surface area contributed by atoms with Crippen LogP contribution >= 0.6 is 11.6 Å². The maximum Gasteiger partial charge on any atom is 0.405 e. The number of carbonyl (C=O) groups excluding carboxylic acids is 2. The Balaban J connectivity index is 2.14. The zero-order valence-electron chi connectivity index (χ0n) is 18.5. The van der Waals surface area contributed by atoms with Gasteiger partial charge in [0.25, 0.3) is 5.91 Å². The fraction of sp³-hybridized carbons (Fsp3) is 0.304. The molecular formula is C23H24ClF3N2O4. The molecule has 33 heavy (non-hydrogen) atoms. The molecule has 2 amide bonds. The van der Waals surface area contributed by atoms with Gasteiger partial charge in [-0.05, 0) is 62.2 Å². The van der Waals surface area contributed by atoms with Crippen LogP contribution in [-0.2, 0) is 4.79 Å². The maximum atomic E-state index is 12.4. The number of amides is 2.